The lowest BCUT2D eigenvalue weighted by Gasteiger charge is -2.30. The molecule has 202 valence electrons. The summed E-state index contributed by atoms with van der Waals surface area (Å²) in [6.45, 7) is 4.91. The van der Waals surface area contributed by atoms with Gasteiger partial charge in [0.15, 0.2) is 6.54 Å². The summed E-state index contributed by atoms with van der Waals surface area (Å²) in [4.78, 5) is 2.14. The quantitative estimate of drug-likeness (QED) is 0.124. The van der Waals surface area contributed by atoms with E-state index in [0.29, 0.717) is 0 Å². The third-order valence-electron chi connectivity index (χ3n) is 7.20. The van der Waals surface area contributed by atoms with E-state index >= 15 is 0 Å². The Hall–Kier alpha value is -2.21. The van der Waals surface area contributed by atoms with Gasteiger partial charge in [0.1, 0.15) is 4.70 Å². The molecule has 0 spiro atoms. The SMILES string of the molecule is CN(C)c1ccc(C=Cc2sc3ccccc3[n+]2CCCC[N+](C)(C)CCCCCC[N+](C)(C)C)cc1. The van der Waals surface area contributed by atoms with E-state index in [1.54, 1.807) is 0 Å². The molecule has 0 atom stereocenters. The van der Waals surface area contributed by atoms with Gasteiger partial charge >= 0.3 is 0 Å². The molecule has 0 aliphatic rings. The molecule has 0 N–H and O–H groups in total. The fraction of sp³-hybridized carbons (Fsp3) is 0.531. The van der Waals surface area contributed by atoms with Crippen LogP contribution in [0.15, 0.2) is 48.5 Å². The second kappa shape index (κ2) is 13.5. The minimum Gasteiger partial charge on any atom is -0.378 e. The predicted molar refractivity (Wildman–Crippen MR) is 164 cm³/mol. The Morgan fingerprint density at radius 1 is 0.730 bits per heavy atom. The zero-order valence-corrected chi connectivity index (χ0v) is 25.4. The fourth-order valence-electron chi connectivity index (χ4n) is 4.86. The fourth-order valence-corrected chi connectivity index (χ4v) is 5.95. The minimum absolute atomic E-state index is 1.08. The van der Waals surface area contributed by atoms with Crippen LogP contribution in [-0.2, 0) is 6.54 Å². The molecule has 1 heterocycles. The minimum atomic E-state index is 1.08. The highest BCUT2D eigenvalue weighted by atomic mass is 32.1. The second-order valence-electron chi connectivity index (χ2n) is 12.4. The normalized spacial score (nSPS) is 12.6. The Morgan fingerprint density at radius 3 is 2.00 bits per heavy atom. The number of benzene rings is 2. The van der Waals surface area contributed by atoms with Crippen LogP contribution in [0.25, 0.3) is 22.4 Å². The molecule has 0 unspecified atom stereocenters. The van der Waals surface area contributed by atoms with E-state index in [-0.39, 0.29) is 0 Å². The molecule has 37 heavy (non-hydrogen) atoms. The number of quaternary nitrogens is 2. The van der Waals surface area contributed by atoms with Crippen molar-refractivity contribution in [1.82, 2.24) is 0 Å². The van der Waals surface area contributed by atoms with Crippen LogP contribution in [0.5, 0.6) is 0 Å². The van der Waals surface area contributed by atoms with Crippen LogP contribution in [0.4, 0.5) is 5.69 Å². The summed E-state index contributed by atoms with van der Waals surface area (Å²) < 4.78 is 6.12. The second-order valence-corrected chi connectivity index (χ2v) is 13.5. The number of aryl methyl sites for hydroxylation is 1. The van der Waals surface area contributed by atoms with Gasteiger partial charge in [-0.1, -0.05) is 35.6 Å². The van der Waals surface area contributed by atoms with E-state index in [4.69, 9.17) is 0 Å². The van der Waals surface area contributed by atoms with Gasteiger partial charge in [0, 0.05) is 44.8 Å². The molecule has 2 aromatic carbocycles. The van der Waals surface area contributed by atoms with E-state index in [1.807, 2.05) is 11.3 Å². The smallest absolute Gasteiger partial charge is 0.262 e. The summed E-state index contributed by atoms with van der Waals surface area (Å²) in [5.41, 5.74) is 3.83. The number of nitrogens with zero attached hydrogens (tertiary/aromatic N) is 4. The Bertz CT molecular complexity index is 1120. The maximum Gasteiger partial charge on any atom is 0.262 e. The Balaban J connectivity index is 1.52. The average Bonchev–Trinajstić information content (AvgIpc) is 3.19. The standard InChI is InChI=1S/C32H51N4S/c1-33(2)29-21-18-28(19-22-29)20-23-32-34(30-16-10-11-17-31(30)37-32)24-12-15-27-36(6,7)26-14-9-8-13-25-35(3,4)5/h10-11,16-23H,8-9,12-15,24-27H2,1-7H3/q+3. The van der Waals surface area contributed by atoms with Crippen molar-refractivity contribution in [3.05, 3.63) is 59.1 Å². The largest absolute Gasteiger partial charge is 0.378 e. The van der Waals surface area contributed by atoms with Crippen LogP contribution in [-0.4, -0.2) is 77.9 Å². The Kier molecular flexibility index (Phi) is 10.7. The number of aromatic nitrogens is 1. The van der Waals surface area contributed by atoms with E-state index < -0.39 is 0 Å². The first-order chi connectivity index (χ1) is 17.5. The van der Waals surface area contributed by atoms with Gasteiger partial charge in [-0.2, -0.15) is 4.57 Å². The topological polar surface area (TPSA) is 7.12 Å². The first-order valence-electron chi connectivity index (χ1n) is 14.0. The lowest BCUT2D eigenvalue weighted by atomic mass is 10.1. The summed E-state index contributed by atoms with van der Waals surface area (Å²) in [6.07, 6.45) is 12.5. The summed E-state index contributed by atoms with van der Waals surface area (Å²) in [6, 6.07) is 17.6. The molecule has 0 aliphatic heterocycles. The van der Waals surface area contributed by atoms with Crippen LogP contribution in [0.1, 0.15) is 49.1 Å². The van der Waals surface area contributed by atoms with Gasteiger partial charge in [0.05, 0.1) is 54.9 Å². The number of fused-ring (bicyclic) bond motifs is 1. The molecule has 0 aliphatic carbocycles. The number of hydrogen-bond donors (Lipinski definition) is 0. The van der Waals surface area contributed by atoms with Crippen LogP contribution < -0.4 is 9.47 Å². The third-order valence-corrected chi connectivity index (χ3v) is 8.33. The van der Waals surface area contributed by atoms with Crippen molar-refractivity contribution >= 4 is 39.4 Å². The molecule has 0 fully saturated rings. The Morgan fingerprint density at radius 2 is 1.35 bits per heavy atom. The lowest BCUT2D eigenvalue weighted by molar-refractivity contribution is -0.891. The average molecular weight is 524 g/mol. The molecule has 0 saturated carbocycles. The maximum atomic E-state index is 2.53. The van der Waals surface area contributed by atoms with Crippen molar-refractivity contribution in [3.8, 4) is 0 Å². The monoisotopic (exact) mass is 523 g/mol. The van der Waals surface area contributed by atoms with Crippen molar-refractivity contribution in [2.24, 2.45) is 0 Å². The van der Waals surface area contributed by atoms with Crippen LogP contribution in [0, 0.1) is 0 Å². The highest BCUT2D eigenvalue weighted by molar-refractivity contribution is 7.18. The maximum absolute atomic E-state index is 2.53. The summed E-state index contributed by atoms with van der Waals surface area (Å²) in [5, 5.41) is 1.33. The zero-order valence-electron chi connectivity index (χ0n) is 24.5. The number of rotatable bonds is 15. The molecule has 4 nitrogen and oxygen atoms in total. The number of thiazole rings is 1. The number of hydrogen-bond acceptors (Lipinski definition) is 2. The zero-order chi connectivity index (χ0) is 26.9. The first kappa shape index (κ1) is 29.3. The van der Waals surface area contributed by atoms with Crippen LogP contribution in [0.3, 0.4) is 0 Å². The third kappa shape index (κ3) is 9.88. The molecule has 0 amide bonds. The first-order valence-corrected chi connectivity index (χ1v) is 14.9. The summed E-state index contributed by atoms with van der Waals surface area (Å²) in [7, 11) is 15.9. The van der Waals surface area contributed by atoms with E-state index in [0.717, 1.165) is 15.5 Å². The van der Waals surface area contributed by atoms with Gasteiger partial charge in [0.2, 0.25) is 5.52 Å². The van der Waals surface area contributed by atoms with Crippen LogP contribution in [0.2, 0.25) is 0 Å². The summed E-state index contributed by atoms with van der Waals surface area (Å²) >= 11 is 1.90. The van der Waals surface area contributed by atoms with E-state index in [9.17, 15) is 0 Å². The number of anilines is 1. The van der Waals surface area contributed by atoms with E-state index in [1.165, 1.54) is 84.6 Å². The molecule has 3 rings (SSSR count). The lowest BCUT2D eigenvalue weighted by Crippen LogP contribution is -2.42. The van der Waals surface area contributed by atoms with Crippen molar-refractivity contribution in [1.29, 1.82) is 0 Å². The molecule has 0 saturated heterocycles. The number of unbranched alkanes of at least 4 members (excludes halogenated alkanes) is 4. The number of para-hydroxylation sites is 1. The van der Waals surface area contributed by atoms with E-state index in [2.05, 4.69) is 119 Å². The molecular formula is C32H51N4S+3. The van der Waals surface area contributed by atoms with Gasteiger partial charge in [-0.3, -0.25) is 0 Å². The van der Waals surface area contributed by atoms with Gasteiger partial charge in [0.25, 0.3) is 5.01 Å². The molecular weight excluding hydrogens is 472 g/mol. The molecule has 0 radical (unpaired) electrons. The van der Waals surface area contributed by atoms with Crippen molar-refractivity contribution in [2.45, 2.75) is 45.1 Å². The molecule has 0 bridgehead atoms. The highest BCUT2D eigenvalue weighted by Crippen LogP contribution is 2.23. The summed E-state index contributed by atoms with van der Waals surface area (Å²) in [5.74, 6) is 0. The van der Waals surface area contributed by atoms with Crippen LogP contribution >= 0.6 is 11.3 Å². The van der Waals surface area contributed by atoms with Gasteiger partial charge in [-0.05, 0) is 55.5 Å². The van der Waals surface area contributed by atoms with Crippen molar-refractivity contribution in [2.75, 3.05) is 73.9 Å². The predicted octanol–water partition coefficient (Wildman–Crippen LogP) is 6.55. The van der Waals surface area contributed by atoms with Crippen molar-refractivity contribution < 1.29 is 13.5 Å². The molecule has 3 aromatic rings. The van der Waals surface area contributed by atoms with Crippen molar-refractivity contribution in [3.63, 3.8) is 0 Å². The van der Waals surface area contributed by atoms with Gasteiger partial charge in [-0.25, -0.2) is 0 Å². The Labute approximate surface area is 230 Å². The molecule has 1 aromatic heterocycles. The van der Waals surface area contributed by atoms with Gasteiger partial charge < -0.3 is 13.9 Å². The van der Waals surface area contributed by atoms with Gasteiger partial charge in [-0.15, -0.1) is 0 Å². The highest BCUT2D eigenvalue weighted by Gasteiger charge is 2.19. The molecule has 5 heteroatoms.